The fourth-order valence-corrected chi connectivity index (χ4v) is 2.29. The van der Waals surface area contributed by atoms with Crippen LogP contribution in [0.5, 0.6) is 0 Å². The molecule has 0 N–H and O–H groups in total. The molecule has 1 fully saturated rings. The molecule has 0 bridgehead atoms. The van der Waals surface area contributed by atoms with E-state index in [0.29, 0.717) is 18.8 Å². The van der Waals surface area contributed by atoms with Crippen molar-refractivity contribution >= 4 is 0 Å². The van der Waals surface area contributed by atoms with Crippen molar-refractivity contribution in [3.05, 3.63) is 35.9 Å². The minimum absolute atomic E-state index is 0.205. The maximum absolute atomic E-state index is 5.86. The summed E-state index contributed by atoms with van der Waals surface area (Å²) < 4.78 is 11.6. The summed E-state index contributed by atoms with van der Waals surface area (Å²) in [5, 5.41) is 0. The number of hydrogen-bond acceptors (Lipinski definition) is 2. The lowest BCUT2D eigenvalue weighted by Crippen LogP contribution is -2.17. The quantitative estimate of drug-likeness (QED) is 0.513. The maximum atomic E-state index is 5.86. The van der Waals surface area contributed by atoms with Crippen LogP contribution in [-0.2, 0) is 16.1 Å². The van der Waals surface area contributed by atoms with E-state index >= 15 is 0 Å². The Kier molecular flexibility index (Phi) is 5.21. The third-order valence-electron chi connectivity index (χ3n) is 3.53. The van der Waals surface area contributed by atoms with Gasteiger partial charge in [-0.25, -0.2) is 0 Å². The van der Waals surface area contributed by atoms with Crippen molar-refractivity contribution in [2.75, 3.05) is 0 Å². The molecule has 1 aliphatic rings. The summed E-state index contributed by atoms with van der Waals surface area (Å²) in [4.78, 5) is 0. The van der Waals surface area contributed by atoms with Crippen LogP contribution in [0.15, 0.2) is 30.3 Å². The second kappa shape index (κ2) is 6.91. The molecule has 2 nitrogen and oxygen atoms in total. The average molecular weight is 248 g/mol. The largest absolute Gasteiger partial charge is 0.371 e. The molecule has 0 unspecified atom stereocenters. The van der Waals surface area contributed by atoms with Crippen LogP contribution in [-0.4, -0.2) is 18.3 Å². The summed E-state index contributed by atoms with van der Waals surface area (Å²) in [6.45, 7) is 5.04. The van der Waals surface area contributed by atoms with E-state index in [-0.39, 0.29) is 6.10 Å². The van der Waals surface area contributed by atoms with Gasteiger partial charge in [-0.15, -0.1) is 0 Å². The van der Waals surface area contributed by atoms with E-state index in [0.717, 1.165) is 0 Å². The smallest absolute Gasteiger partial charge is 0.110 e. The van der Waals surface area contributed by atoms with Crippen LogP contribution in [0.1, 0.15) is 45.1 Å². The first-order valence-corrected chi connectivity index (χ1v) is 7.12. The van der Waals surface area contributed by atoms with E-state index in [4.69, 9.17) is 9.47 Å². The molecule has 0 aliphatic carbocycles. The van der Waals surface area contributed by atoms with Crippen LogP contribution < -0.4 is 0 Å². The van der Waals surface area contributed by atoms with Crippen LogP contribution in [0.4, 0.5) is 0 Å². The third kappa shape index (κ3) is 4.11. The SMILES string of the molecule is CCCCC[C@@H]1O[C@H]1[C@H](C)OCc1ccccc1. The Balaban J connectivity index is 1.63. The van der Waals surface area contributed by atoms with Gasteiger partial charge in [0.25, 0.3) is 0 Å². The Labute approximate surface area is 110 Å². The van der Waals surface area contributed by atoms with Gasteiger partial charge in [0.15, 0.2) is 0 Å². The molecule has 2 rings (SSSR count). The van der Waals surface area contributed by atoms with Gasteiger partial charge >= 0.3 is 0 Å². The molecule has 100 valence electrons. The molecule has 1 heterocycles. The van der Waals surface area contributed by atoms with Crippen molar-refractivity contribution in [3.63, 3.8) is 0 Å². The summed E-state index contributed by atoms with van der Waals surface area (Å²) >= 11 is 0. The fourth-order valence-electron chi connectivity index (χ4n) is 2.29. The molecular formula is C16H24O2. The molecule has 1 saturated heterocycles. The topological polar surface area (TPSA) is 21.8 Å². The van der Waals surface area contributed by atoms with Crippen molar-refractivity contribution < 1.29 is 9.47 Å². The van der Waals surface area contributed by atoms with E-state index in [1.54, 1.807) is 0 Å². The monoisotopic (exact) mass is 248 g/mol. The standard InChI is InChI=1S/C16H24O2/c1-3-4-6-11-15-16(18-15)13(2)17-12-14-9-7-5-8-10-14/h5,7-10,13,15-16H,3-4,6,11-12H2,1-2H3/t13-,15-,16-/m0/s1. The Morgan fingerprint density at radius 3 is 2.72 bits per heavy atom. The fraction of sp³-hybridized carbons (Fsp3) is 0.625. The third-order valence-corrected chi connectivity index (χ3v) is 3.53. The highest BCUT2D eigenvalue weighted by Crippen LogP contribution is 2.31. The first-order chi connectivity index (χ1) is 8.81. The van der Waals surface area contributed by atoms with Gasteiger partial charge in [-0.05, 0) is 18.9 Å². The van der Waals surface area contributed by atoms with Crippen LogP contribution in [0.2, 0.25) is 0 Å². The van der Waals surface area contributed by atoms with Crippen molar-refractivity contribution in [2.24, 2.45) is 0 Å². The lowest BCUT2D eigenvalue weighted by atomic mass is 10.1. The van der Waals surface area contributed by atoms with Gasteiger partial charge < -0.3 is 9.47 Å². The number of unbranched alkanes of at least 4 members (excludes halogenated alkanes) is 2. The Hall–Kier alpha value is -0.860. The zero-order chi connectivity index (χ0) is 12.8. The van der Waals surface area contributed by atoms with Crippen LogP contribution in [0.25, 0.3) is 0 Å². The number of benzene rings is 1. The average Bonchev–Trinajstić information content (AvgIpc) is 3.17. The number of ether oxygens (including phenoxy) is 2. The zero-order valence-electron chi connectivity index (χ0n) is 11.5. The summed E-state index contributed by atoms with van der Waals surface area (Å²) in [6.07, 6.45) is 6.04. The van der Waals surface area contributed by atoms with E-state index in [1.165, 1.54) is 31.2 Å². The first kappa shape index (κ1) is 13.6. The van der Waals surface area contributed by atoms with E-state index in [9.17, 15) is 0 Å². The molecule has 1 aliphatic heterocycles. The molecule has 0 aromatic heterocycles. The maximum Gasteiger partial charge on any atom is 0.110 e. The minimum Gasteiger partial charge on any atom is -0.371 e. The molecule has 0 spiro atoms. The molecule has 18 heavy (non-hydrogen) atoms. The van der Waals surface area contributed by atoms with Crippen molar-refractivity contribution in [3.8, 4) is 0 Å². The van der Waals surface area contributed by atoms with Crippen LogP contribution >= 0.6 is 0 Å². The number of rotatable bonds is 8. The highest BCUT2D eigenvalue weighted by Gasteiger charge is 2.42. The van der Waals surface area contributed by atoms with Crippen LogP contribution in [0, 0.1) is 0 Å². The highest BCUT2D eigenvalue weighted by molar-refractivity contribution is 5.13. The van der Waals surface area contributed by atoms with Gasteiger partial charge in [-0.1, -0.05) is 56.5 Å². The van der Waals surface area contributed by atoms with E-state index in [1.807, 2.05) is 18.2 Å². The Morgan fingerprint density at radius 1 is 1.22 bits per heavy atom. The normalized spacial score (nSPS) is 23.9. The summed E-state index contributed by atoms with van der Waals surface area (Å²) in [5.41, 5.74) is 1.23. The van der Waals surface area contributed by atoms with Gasteiger partial charge in [-0.2, -0.15) is 0 Å². The lowest BCUT2D eigenvalue weighted by molar-refractivity contribution is 0.0340. The second-order valence-electron chi connectivity index (χ2n) is 5.14. The predicted octanol–water partition coefficient (Wildman–Crippen LogP) is 3.94. The van der Waals surface area contributed by atoms with Crippen molar-refractivity contribution in [2.45, 2.75) is 64.4 Å². The predicted molar refractivity (Wildman–Crippen MR) is 73.5 cm³/mol. The van der Waals surface area contributed by atoms with Crippen molar-refractivity contribution in [1.82, 2.24) is 0 Å². The zero-order valence-corrected chi connectivity index (χ0v) is 11.5. The van der Waals surface area contributed by atoms with Crippen molar-refractivity contribution in [1.29, 1.82) is 0 Å². The molecule has 0 saturated carbocycles. The molecule has 0 radical (unpaired) electrons. The molecule has 0 amide bonds. The Bertz CT molecular complexity index is 336. The molecule has 1 aromatic rings. The van der Waals surface area contributed by atoms with E-state index in [2.05, 4.69) is 26.0 Å². The van der Waals surface area contributed by atoms with Crippen LogP contribution in [0.3, 0.4) is 0 Å². The first-order valence-electron chi connectivity index (χ1n) is 7.12. The van der Waals surface area contributed by atoms with Gasteiger partial charge in [0.05, 0.1) is 18.8 Å². The highest BCUT2D eigenvalue weighted by atomic mass is 16.6. The van der Waals surface area contributed by atoms with Gasteiger partial charge in [-0.3, -0.25) is 0 Å². The lowest BCUT2D eigenvalue weighted by Gasteiger charge is -2.10. The molecule has 1 aromatic carbocycles. The molecule has 2 heteroatoms. The molecule has 3 atom stereocenters. The summed E-state index contributed by atoms with van der Waals surface area (Å²) in [7, 11) is 0. The summed E-state index contributed by atoms with van der Waals surface area (Å²) in [5.74, 6) is 0. The number of hydrogen-bond donors (Lipinski definition) is 0. The Morgan fingerprint density at radius 2 is 2.00 bits per heavy atom. The number of epoxide rings is 1. The van der Waals surface area contributed by atoms with Gasteiger partial charge in [0, 0.05) is 0 Å². The molecular weight excluding hydrogens is 224 g/mol. The van der Waals surface area contributed by atoms with Gasteiger partial charge in [0.2, 0.25) is 0 Å². The van der Waals surface area contributed by atoms with E-state index < -0.39 is 0 Å². The minimum atomic E-state index is 0.205. The van der Waals surface area contributed by atoms with Gasteiger partial charge in [0.1, 0.15) is 6.10 Å². The second-order valence-corrected chi connectivity index (χ2v) is 5.14. The summed E-state index contributed by atoms with van der Waals surface area (Å²) in [6, 6.07) is 10.3.